The van der Waals surface area contributed by atoms with Gasteiger partial charge in [0, 0.05) is 5.69 Å². The summed E-state index contributed by atoms with van der Waals surface area (Å²) < 4.78 is 22.6. The number of anilines is 1. The Labute approximate surface area is 123 Å². The number of nitrogens with two attached hydrogens (primary N) is 2. The molecule has 0 radical (unpaired) electrons. The van der Waals surface area contributed by atoms with E-state index < -0.39 is 10.0 Å². The molecule has 4 N–H and O–H groups in total. The van der Waals surface area contributed by atoms with E-state index >= 15 is 0 Å². The molecule has 0 aromatic heterocycles. The summed E-state index contributed by atoms with van der Waals surface area (Å²) in [6, 6.07) is 9.65. The lowest BCUT2D eigenvalue weighted by Crippen LogP contribution is -2.11. The first-order valence-electron chi connectivity index (χ1n) is 6.19. The molecule has 110 valence electrons. The monoisotopic (exact) mass is 304 g/mol. The van der Waals surface area contributed by atoms with Crippen molar-refractivity contribution >= 4 is 27.1 Å². The molecule has 0 aliphatic carbocycles. The number of aryl methyl sites for hydroxylation is 2. The Bertz CT molecular complexity index is 814. The first-order valence-corrected chi connectivity index (χ1v) is 7.73. The van der Waals surface area contributed by atoms with Gasteiger partial charge >= 0.3 is 0 Å². The minimum Gasteiger partial charge on any atom is -0.399 e. The van der Waals surface area contributed by atoms with Crippen molar-refractivity contribution in [2.75, 3.05) is 5.73 Å². The van der Waals surface area contributed by atoms with Gasteiger partial charge in [-0.1, -0.05) is 6.07 Å². The summed E-state index contributed by atoms with van der Waals surface area (Å²) in [6.07, 6.45) is 0. The van der Waals surface area contributed by atoms with Crippen LogP contribution in [0, 0.1) is 13.8 Å². The Balaban J connectivity index is 2.36. The van der Waals surface area contributed by atoms with Gasteiger partial charge in [0.05, 0.1) is 16.3 Å². The molecule has 0 amide bonds. The number of hydrogen-bond acceptors (Lipinski definition) is 5. The van der Waals surface area contributed by atoms with Crippen LogP contribution in [-0.2, 0) is 10.0 Å². The van der Waals surface area contributed by atoms with Gasteiger partial charge in [-0.15, -0.1) is 0 Å². The molecule has 0 saturated heterocycles. The van der Waals surface area contributed by atoms with Crippen LogP contribution in [0.5, 0.6) is 0 Å². The Morgan fingerprint density at radius 1 is 1.00 bits per heavy atom. The van der Waals surface area contributed by atoms with Gasteiger partial charge in [0.25, 0.3) is 0 Å². The van der Waals surface area contributed by atoms with E-state index in [0.717, 1.165) is 11.1 Å². The molecule has 21 heavy (non-hydrogen) atoms. The number of primary sulfonamides is 1. The van der Waals surface area contributed by atoms with Crippen LogP contribution in [0.15, 0.2) is 51.5 Å². The summed E-state index contributed by atoms with van der Waals surface area (Å²) in [6.45, 7) is 3.76. The Hall–Kier alpha value is -2.25. The molecule has 0 unspecified atom stereocenters. The quantitative estimate of drug-likeness (QED) is 0.671. The molecule has 0 fully saturated rings. The summed E-state index contributed by atoms with van der Waals surface area (Å²) in [7, 11) is -3.75. The molecule has 0 atom stereocenters. The second-order valence-electron chi connectivity index (χ2n) is 4.74. The minimum atomic E-state index is -3.75. The van der Waals surface area contributed by atoms with Gasteiger partial charge in [-0.3, -0.25) is 0 Å². The van der Waals surface area contributed by atoms with Crippen LogP contribution in [0.1, 0.15) is 11.1 Å². The largest absolute Gasteiger partial charge is 0.399 e. The maximum Gasteiger partial charge on any atom is 0.238 e. The Morgan fingerprint density at radius 2 is 1.71 bits per heavy atom. The van der Waals surface area contributed by atoms with Crippen LogP contribution < -0.4 is 10.9 Å². The lowest BCUT2D eigenvalue weighted by molar-refractivity contribution is 0.598. The molecule has 0 bridgehead atoms. The zero-order valence-electron chi connectivity index (χ0n) is 11.7. The predicted molar refractivity (Wildman–Crippen MR) is 82.3 cm³/mol. The van der Waals surface area contributed by atoms with E-state index in [2.05, 4.69) is 10.2 Å². The number of benzene rings is 2. The van der Waals surface area contributed by atoms with Crippen LogP contribution >= 0.6 is 0 Å². The van der Waals surface area contributed by atoms with E-state index in [-0.39, 0.29) is 4.90 Å². The summed E-state index contributed by atoms with van der Waals surface area (Å²) in [4.78, 5) is 0.00385. The van der Waals surface area contributed by atoms with Gasteiger partial charge in [-0.25, -0.2) is 13.6 Å². The van der Waals surface area contributed by atoms with Crippen molar-refractivity contribution in [3.8, 4) is 0 Å². The fraction of sp³-hybridized carbons (Fsp3) is 0.143. The molecule has 0 aliphatic heterocycles. The summed E-state index contributed by atoms with van der Waals surface area (Å²) >= 11 is 0. The van der Waals surface area contributed by atoms with Crippen molar-refractivity contribution in [1.29, 1.82) is 0 Å². The van der Waals surface area contributed by atoms with Crippen LogP contribution in [0.4, 0.5) is 17.1 Å². The molecule has 0 heterocycles. The van der Waals surface area contributed by atoms with Crippen LogP contribution in [0.25, 0.3) is 0 Å². The molecule has 2 aromatic rings. The number of hydrogen-bond donors (Lipinski definition) is 2. The summed E-state index contributed by atoms with van der Waals surface area (Å²) in [5.74, 6) is 0. The van der Waals surface area contributed by atoms with E-state index in [9.17, 15) is 8.42 Å². The van der Waals surface area contributed by atoms with Crippen molar-refractivity contribution in [3.63, 3.8) is 0 Å². The summed E-state index contributed by atoms with van der Waals surface area (Å²) in [5, 5.41) is 13.3. The van der Waals surface area contributed by atoms with Crippen LogP contribution in [-0.4, -0.2) is 8.42 Å². The predicted octanol–water partition coefficient (Wildman–Crippen LogP) is 2.95. The van der Waals surface area contributed by atoms with Crippen LogP contribution in [0.2, 0.25) is 0 Å². The second kappa shape index (κ2) is 5.63. The van der Waals surface area contributed by atoms with Crippen molar-refractivity contribution in [3.05, 3.63) is 47.5 Å². The van der Waals surface area contributed by atoms with E-state index in [1.54, 1.807) is 12.1 Å². The third kappa shape index (κ3) is 3.65. The molecular formula is C14H16N4O2S. The van der Waals surface area contributed by atoms with Gasteiger partial charge in [-0.05, 0) is 55.3 Å². The molecule has 7 heteroatoms. The fourth-order valence-corrected chi connectivity index (χ4v) is 2.32. The van der Waals surface area contributed by atoms with E-state index in [0.29, 0.717) is 17.1 Å². The average Bonchev–Trinajstić information content (AvgIpc) is 2.41. The number of nitrogens with zero attached hydrogens (tertiary/aromatic N) is 2. The molecule has 0 aliphatic rings. The van der Waals surface area contributed by atoms with Crippen molar-refractivity contribution in [1.82, 2.24) is 0 Å². The van der Waals surface area contributed by atoms with Gasteiger partial charge in [0.2, 0.25) is 10.0 Å². The third-order valence-corrected chi connectivity index (χ3v) is 3.91. The van der Waals surface area contributed by atoms with Crippen molar-refractivity contribution in [2.24, 2.45) is 15.4 Å². The third-order valence-electron chi connectivity index (χ3n) is 3.00. The number of sulfonamides is 1. The maximum atomic E-state index is 11.3. The SMILES string of the molecule is Cc1cc(/N=N/c2cccc(S(N)(=O)=O)c2)c(C)cc1N. The second-order valence-corrected chi connectivity index (χ2v) is 6.30. The van der Waals surface area contributed by atoms with E-state index in [1.165, 1.54) is 12.1 Å². The van der Waals surface area contributed by atoms with Gasteiger partial charge in [-0.2, -0.15) is 10.2 Å². The Kier molecular flexibility index (Phi) is 4.06. The number of nitrogen functional groups attached to an aromatic ring is 1. The molecule has 2 aromatic carbocycles. The smallest absolute Gasteiger partial charge is 0.238 e. The highest BCUT2D eigenvalue weighted by molar-refractivity contribution is 7.89. The van der Waals surface area contributed by atoms with Gasteiger partial charge < -0.3 is 5.73 Å². The standard InChI is InChI=1S/C14H16N4O2S/c1-9-7-14(10(2)6-13(9)15)18-17-11-4-3-5-12(8-11)21(16,19)20/h3-8H,15H2,1-2H3,(H2,16,19,20)/b18-17+. The van der Waals surface area contributed by atoms with E-state index in [1.807, 2.05) is 26.0 Å². The highest BCUT2D eigenvalue weighted by Gasteiger charge is 2.07. The molecule has 6 nitrogen and oxygen atoms in total. The van der Waals surface area contributed by atoms with Crippen LogP contribution in [0.3, 0.4) is 0 Å². The molecule has 0 saturated carbocycles. The van der Waals surface area contributed by atoms with Crippen molar-refractivity contribution < 1.29 is 8.42 Å². The Morgan fingerprint density at radius 3 is 2.38 bits per heavy atom. The zero-order chi connectivity index (χ0) is 15.6. The lowest BCUT2D eigenvalue weighted by atomic mass is 10.1. The van der Waals surface area contributed by atoms with Gasteiger partial charge in [0.15, 0.2) is 0 Å². The van der Waals surface area contributed by atoms with Gasteiger partial charge in [0.1, 0.15) is 0 Å². The first-order chi connectivity index (χ1) is 9.77. The molecular weight excluding hydrogens is 288 g/mol. The lowest BCUT2D eigenvalue weighted by Gasteiger charge is -2.04. The maximum absolute atomic E-state index is 11.3. The number of rotatable bonds is 3. The fourth-order valence-electron chi connectivity index (χ4n) is 1.77. The topological polar surface area (TPSA) is 111 Å². The van der Waals surface area contributed by atoms with Crippen molar-refractivity contribution in [2.45, 2.75) is 18.7 Å². The minimum absolute atomic E-state index is 0.00385. The highest BCUT2D eigenvalue weighted by atomic mass is 32.2. The normalized spacial score (nSPS) is 12.0. The molecule has 2 rings (SSSR count). The number of azo groups is 1. The summed E-state index contributed by atoms with van der Waals surface area (Å²) in [5.41, 5.74) is 9.41. The zero-order valence-corrected chi connectivity index (χ0v) is 12.6. The average molecular weight is 304 g/mol. The van der Waals surface area contributed by atoms with E-state index in [4.69, 9.17) is 10.9 Å². The molecule has 0 spiro atoms. The first kappa shape index (κ1) is 15.1. The highest BCUT2D eigenvalue weighted by Crippen LogP contribution is 2.27.